The number of aromatic nitrogens is 8. The minimum atomic E-state index is 0.889. The summed E-state index contributed by atoms with van der Waals surface area (Å²) < 4.78 is 0. The first-order chi connectivity index (χ1) is 58.5. The van der Waals surface area contributed by atoms with E-state index in [0.29, 0.717) is 0 Å². The van der Waals surface area contributed by atoms with Gasteiger partial charge in [-0.2, -0.15) is 0 Å². The average molecular weight is 1500 g/mol. The number of rotatable bonds is 8. The Balaban J connectivity index is 0.000000137. The summed E-state index contributed by atoms with van der Waals surface area (Å²) in [7, 11) is 0. The van der Waals surface area contributed by atoms with Crippen LogP contribution in [0, 0.1) is 0 Å². The zero-order valence-corrected chi connectivity index (χ0v) is 63.5. The van der Waals surface area contributed by atoms with E-state index >= 15 is 0 Å². The van der Waals surface area contributed by atoms with Crippen LogP contribution < -0.4 is 0 Å². The van der Waals surface area contributed by atoms with Crippen LogP contribution in [0.4, 0.5) is 0 Å². The van der Waals surface area contributed by atoms with Crippen LogP contribution in [0.3, 0.4) is 0 Å². The molecule has 0 fully saturated rings. The number of pyridine rings is 8. The van der Waals surface area contributed by atoms with Crippen molar-refractivity contribution in [3.05, 3.63) is 388 Å². The Labute approximate surface area is 676 Å². The van der Waals surface area contributed by atoms with Gasteiger partial charge in [-0.1, -0.05) is 334 Å². The lowest BCUT2D eigenvalue weighted by Gasteiger charge is -2.17. The van der Waals surface area contributed by atoms with E-state index in [2.05, 4.69) is 388 Å². The highest BCUT2D eigenvalue weighted by Gasteiger charge is 2.23. The third kappa shape index (κ3) is 10.8. The lowest BCUT2D eigenvalue weighted by atomic mass is 9.88. The average Bonchev–Trinajstić information content (AvgIpc) is 0.731. The predicted molar refractivity (Wildman–Crippen MR) is 493 cm³/mol. The lowest BCUT2D eigenvalue weighted by molar-refractivity contribution is 1.37. The van der Waals surface area contributed by atoms with Gasteiger partial charge in [-0.3, -0.25) is 0 Å². The maximum Gasteiger partial charge on any atom is 0.0978 e. The van der Waals surface area contributed by atoms with Crippen LogP contribution in [-0.4, -0.2) is 39.9 Å². The van der Waals surface area contributed by atoms with E-state index in [1.807, 2.05) is 0 Å². The van der Waals surface area contributed by atoms with Gasteiger partial charge >= 0.3 is 0 Å². The third-order valence-electron chi connectivity index (χ3n) is 24.0. The van der Waals surface area contributed by atoms with Crippen molar-refractivity contribution in [1.82, 2.24) is 39.9 Å². The minimum absolute atomic E-state index is 0.889. The molecule has 0 aliphatic rings. The van der Waals surface area contributed by atoms with E-state index in [-0.39, 0.29) is 0 Å². The molecule has 0 saturated heterocycles. The Morgan fingerprint density at radius 2 is 0.373 bits per heavy atom. The highest BCUT2D eigenvalue weighted by molar-refractivity contribution is 6.28. The van der Waals surface area contributed by atoms with Gasteiger partial charge in [-0.05, 0) is 109 Å². The zero-order chi connectivity index (χ0) is 77.5. The Morgan fingerprint density at radius 1 is 0.136 bits per heavy atom. The van der Waals surface area contributed by atoms with Crippen molar-refractivity contribution in [3.8, 4) is 89.5 Å². The molecular formula is C110H64N8. The van der Waals surface area contributed by atoms with Crippen LogP contribution in [0.1, 0.15) is 0 Å². The van der Waals surface area contributed by atoms with Crippen molar-refractivity contribution in [2.24, 2.45) is 0 Å². The predicted octanol–water partition coefficient (Wildman–Crippen LogP) is 28.6. The number of benzene rings is 17. The molecule has 8 heterocycles. The SMILES string of the molecule is c1ccc(-c2c3ccccc3nc3c2ccc2ccc(-c4ccc5ccc6c(-c7ccc8ccc9c(-c%10ccccc%10)c%10ccccc%10nc9c8n7)ccc7ccc4c5c76)nc23)cc1.c1ccc(-c2c3ccccc3nc3c2ccc2ccc(-c4cccc(-c5ccc6ccc7c(-c8ccccc8)c8ccccc8nc7c6n5)c4)nc23)cc1. The Kier molecular flexibility index (Phi) is 15.2. The van der Waals surface area contributed by atoms with Crippen molar-refractivity contribution in [2.75, 3.05) is 0 Å². The maximum atomic E-state index is 5.48. The second-order valence-corrected chi connectivity index (χ2v) is 30.6. The molecule has 0 amide bonds. The molecule has 118 heavy (non-hydrogen) atoms. The summed E-state index contributed by atoms with van der Waals surface area (Å²) in [4.78, 5) is 42.6. The fourth-order valence-electron chi connectivity index (χ4n) is 18.5. The van der Waals surface area contributed by atoms with Gasteiger partial charge in [0.1, 0.15) is 0 Å². The van der Waals surface area contributed by atoms with Crippen molar-refractivity contribution in [3.63, 3.8) is 0 Å². The summed E-state index contributed by atoms with van der Waals surface area (Å²) in [6.45, 7) is 0. The topological polar surface area (TPSA) is 103 Å². The normalized spacial score (nSPS) is 11.9. The summed E-state index contributed by atoms with van der Waals surface area (Å²) in [5.41, 5.74) is 28.3. The van der Waals surface area contributed by atoms with Crippen LogP contribution in [-0.2, 0) is 0 Å². The molecule has 8 nitrogen and oxygen atoms in total. The van der Waals surface area contributed by atoms with E-state index in [4.69, 9.17) is 39.9 Å². The largest absolute Gasteiger partial charge is 0.245 e. The van der Waals surface area contributed by atoms with E-state index < -0.39 is 0 Å². The molecule has 0 unspecified atom stereocenters. The van der Waals surface area contributed by atoms with E-state index in [1.54, 1.807) is 0 Å². The maximum absolute atomic E-state index is 5.48. The highest BCUT2D eigenvalue weighted by Crippen LogP contribution is 2.47. The molecule has 0 N–H and O–H groups in total. The lowest BCUT2D eigenvalue weighted by Crippen LogP contribution is -1.95. The van der Waals surface area contributed by atoms with Crippen LogP contribution >= 0.6 is 0 Å². The van der Waals surface area contributed by atoms with Gasteiger partial charge in [-0.15, -0.1) is 0 Å². The van der Waals surface area contributed by atoms with Crippen molar-refractivity contribution < 1.29 is 0 Å². The van der Waals surface area contributed by atoms with Crippen LogP contribution in [0.5, 0.6) is 0 Å². The van der Waals surface area contributed by atoms with E-state index in [9.17, 15) is 0 Å². The molecule has 0 radical (unpaired) electrons. The van der Waals surface area contributed by atoms with Crippen LogP contribution in [0.25, 0.3) is 253 Å². The Bertz CT molecular complexity index is 8000. The fourth-order valence-corrected chi connectivity index (χ4v) is 18.5. The van der Waals surface area contributed by atoms with Crippen LogP contribution in [0.15, 0.2) is 388 Å². The molecule has 0 saturated carbocycles. The quantitative estimate of drug-likeness (QED) is 0.109. The van der Waals surface area contributed by atoms with Gasteiger partial charge in [0.05, 0.1) is 89.0 Å². The second-order valence-electron chi connectivity index (χ2n) is 30.6. The molecule has 0 bridgehead atoms. The second kappa shape index (κ2) is 26.9. The third-order valence-corrected chi connectivity index (χ3v) is 24.0. The molecule has 0 spiro atoms. The summed E-state index contributed by atoms with van der Waals surface area (Å²) in [6, 6.07) is 137. The van der Waals surface area contributed by atoms with Crippen molar-refractivity contribution >= 4 is 163 Å². The van der Waals surface area contributed by atoms with E-state index in [1.165, 1.54) is 76.8 Å². The molecule has 25 aromatic rings. The Hall–Kier alpha value is -15.9. The van der Waals surface area contributed by atoms with E-state index in [0.717, 1.165) is 176 Å². The van der Waals surface area contributed by atoms with Gasteiger partial charge < -0.3 is 0 Å². The van der Waals surface area contributed by atoms with Gasteiger partial charge in [0.15, 0.2) is 0 Å². The molecule has 8 heteroatoms. The molecule has 0 aliphatic carbocycles. The summed E-state index contributed by atoms with van der Waals surface area (Å²) in [5, 5.41) is 20.4. The molecule has 8 aromatic heterocycles. The van der Waals surface area contributed by atoms with Gasteiger partial charge in [0.25, 0.3) is 0 Å². The first-order valence-electron chi connectivity index (χ1n) is 40.0. The monoisotopic (exact) mass is 1500 g/mol. The Morgan fingerprint density at radius 3 is 0.686 bits per heavy atom. The van der Waals surface area contributed by atoms with Crippen molar-refractivity contribution in [1.29, 1.82) is 0 Å². The standard InChI is InChI=1S/C60H34N4.C50H30N4/c1-3-11-35(12-4-1)53-45-15-7-9-17-49(45)63-59-47(53)31-23-39-25-33-51(61-57(39)59)41-27-19-37-22-30-44-42(28-20-38-21-29-43(41)55(37)56(38)44)52-34-26-40-24-32-48-54(36-13-5-2-6-14-36)46-16-8-10-18-50(46)64-60(48)58(40)62-52;1-3-12-31(13-4-1)45-37-18-7-9-20-43(37)53-49-39(45)26-22-33-24-28-41(51-47(33)49)35-16-11-17-36(30-35)42-29-25-34-23-27-40-46(32-14-5-2-6-15-32)38-19-8-10-21-44(38)54-50(40)48(34)52-42/h1-34H;1-30H. The number of fused-ring (bicyclic) bond motifs is 16. The highest BCUT2D eigenvalue weighted by atomic mass is 14.8. The van der Waals surface area contributed by atoms with Gasteiger partial charge in [0, 0.05) is 109 Å². The molecule has 544 valence electrons. The number of hydrogen-bond acceptors (Lipinski definition) is 8. The fraction of sp³-hybridized carbons (Fsp3) is 0. The zero-order valence-electron chi connectivity index (χ0n) is 63.5. The summed E-state index contributed by atoms with van der Waals surface area (Å²) in [6.07, 6.45) is 0. The smallest absolute Gasteiger partial charge is 0.0978 e. The number of nitrogens with zero attached hydrogens (tertiary/aromatic N) is 8. The molecular weight excluding hydrogens is 1430 g/mol. The van der Waals surface area contributed by atoms with Crippen molar-refractivity contribution in [2.45, 2.75) is 0 Å². The van der Waals surface area contributed by atoms with Crippen LogP contribution in [0.2, 0.25) is 0 Å². The van der Waals surface area contributed by atoms with Gasteiger partial charge in [0.2, 0.25) is 0 Å². The molecule has 0 aliphatic heterocycles. The summed E-state index contributed by atoms with van der Waals surface area (Å²) in [5.74, 6) is 0. The van der Waals surface area contributed by atoms with Gasteiger partial charge in [-0.25, -0.2) is 39.9 Å². The number of hydrogen-bond donors (Lipinski definition) is 0. The molecule has 0 atom stereocenters. The first-order valence-corrected chi connectivity index (χ1v) is 40.0. The minimum Gasteiger partial charge on any atom is -0.245 e. The molecule has 25 rings (SSSR count). The first kappa shape index (κ1) is 66.7. The number of para-hydroxylation sites is 4. The summed E-state index contributed by atoms with van der Waals surface area (Å²) >= 11 is 0. The molecule has 17 aromatic carbocycles.